The third-order valence-corrected chi connectivity index (χ3v) is 7.68. The minimum Gasteiger partial charge on any atom is -0.465 e. The van der Waals surface area contributed by atoms with Crippen LogP contribution in [0.5, 0.6) is 0 Å². The molecule has 2 aromatic carbocycles. The average Bonchev–Trinajstić information content (AvgIpc) is 3.47. The second-order valence-electron chi connectivity index (χ2n) is 11.8. The van der Waals surface area contributed by atoms with Crippen molar-refractivity contribution in [2.45, 2.75) is 84.2 Å². The lowest BCUT2D eigenvalue weighted by Crippen LogP contribution is -2.39. The summed E-state index contributed by atoms with van der Waals surface area (Å²) in [5, 5.41) is 19.1. The van der Waals surface area contributed by atoms with Gasteiger partial charge in [0, 0.05) is 19.1 Å². The van der Waals surface area contributed by atoms with E-state index in [1.165, 1.54) is 11.8 Å². The highest BCUT2D eigenvalue weighted by atomic mass is 19.4. The lowest BCUT2D eigenvalue weighted by Gasteiger charge is -2.39. The van der Waals surface area contributed by atoms with Crippen LogP contribution in [-0.4, -0.2) is 43.8 Å². The lowest BCUT2D eigenvalue weighted by molar-refractivity contribution is -0.143. The number of tetrazole rings is 1. The fourth-order valence-electron chi connectivity index (χ4n) is 5.29. The number of hydrogen-bond donors (Lipinski definition) is 2. The van der Waals surface area contributed by atoms with E-state index in [1.54, 1.807) is 18.7 Å². The van der Waals surface area contributed by atoms with Crippen LogP contribution in [0.2, 0.25) is 0 Å². The summed E-state index contributed by atoms with van der Waals surface area (Å²) in [6, 6.07) is 12.6. The number of carbonyl (C=O) groups is 1. The zero-order valence-electron chi connectivity index (χ0n) is 27.6. The molecular weight excluding hydrogens is 654 g/mol. The number of hydrogen-bond acceptors (Lipinski definition) is 9. The first-order valence-electron chi connectivity index (χ1n) is 15.5. The van der Waals surface area contributed by atoms with Gasteiger partial charge < -0.3 is 20.3 Å². The minimum absolute atomic E-state index is 0.0301. The smallest absolute Gasteiger partial charge is 0.416 e. The predicted octanol–water partition coefficient (Wildman–Crippen LogP) is 7.47. The first-order chi connectivity index (χ1) is 23.1. The summed E-state index contributed by atoms with van der Waals surface area (Å²) in [5.41, 5.74) is 0.232. The van der Waals surface area contributed by atoms with Gasteiger partial charge in [-0.3, -0.25) is 4.79 Å². The first-order valence-corrected chi connectivity index (χ1v) is 15.5. The Hall–Kier alpha value is -4.89. The molecule has 2 aromatic heterocycles. The average molecular weight is 693 g/mol. The van der Waals surface area contributed by atoms with Crippen molar-refractivity contribution in [1.82, 2.24) is 25.2 Å². The van der Waals surface area contributed by atoms with Crippen LogP contribution in [0.4, 0.5) is 43.8 Å². The third kappa shape index (κ3) is 9.83. The Morgan fingerprint density at radius 2 is 1.69 bits per heavy atom. The van der Waals surface area contributed by atoms with Crippen molar-refractivity contribution >= 4 is 23.9 Å². The second kappa shape index (κ2) is 15.6. The Bertz CT molecular complexity index is 1660. The molecule has 264 valence electrons. The Balaban J connectivity index is 0.000000827. The van der Waals surface area contributed by atoms with Crippen molar-refractivity contribution in [2.24, 2.45) is 7.05 Å². The van der Waals surface area contributed by atoms with Gasteiger partial charge >= 0.3 is 12.4 Å². The maximum atomic E-state index is 13.7. The molecule has 0 radical (unpaired) electrons. The summed E-state index contributed by atoms with van der Waals surface area (Å²) >= 11 is 0. The van der Waals surface area contributed by atoms with Crippen molar-refractivity contribution in [3.63, 3.8) is 0 Å². The third-order valence-electron chi connectivity index (χ3n) is 7.68. The minimum atomic E-state index is -4.97. The van der Waals surface area contributed by atoms with Gasteiger partial charge in [-0.2, -0.15) is 31.1 Å². The quantitative estimate of drug-likeness (QED) is 0.129. The van der Waals surface area contributed by atoms with Gasteiger partial charge in [-0.1, -0.05) is 42.4 Å². The molecule has 4 aromatic rings. The molecule has 3 heterocycles. The number of halogens is 6. The number of fused-ring (bicyclic) bond motifs is 1. The number of rotatable bonds is 10. The van der Waals surface area contributed by atoms with Crippen LogP contribution in [0.1, 0.15) is 73.2 Å². The zero-order valence-corrected chi connectivity index (χ0v) is 27.6. The van der Waals surface area contributed by atoms with Crippen molar-refractivity contribution in [1.29, 1.82) is 0 Å². The SMILES string of the molecule is CC(C)OC=O.CC[C@H]1C[C@H](N(Cc2cc(C(F)(F)F)cc(C(F)(F)F)c2)c2nnn(C)n2)c2nc(NCc3ccccc3)c(C)cc2N1. The summed E-state index contributed by atoms with van der Waals surface area (Å²) in [5.74, 6) is 0.664. The number of pyridine rings is 1. The van der Waals surface area contributed by atoms with E-state index >= 15 is 0 Å². The Morgan fingerprint density at radius 1 is 1.04 bits per heavy atom. The summed E-state index contributed by atoms with van der Waals surface area (Å²) in [7, 11) is 1.53. The van der Waals surface area contributed by atoms with Gasteiger partial charge in [0.15, 0.2) is 0 Å². The molecule has 0 unspecified atom stereocenters. The number of anilines is 3. The highest BCUT2D eigenvalue weighted by Gasteiger charge is 2.39. The highest BCUT2D eigenvalue weighted by molar-refractivity contribution is 5.62. The van der Waals surface area contributed by atoms with Crippen LogP contribution in [0, 0.1) is 6.92 Å². The molecule has 49 heavy (non-hydrogen) atoms. The van der Waals surface area contributed by atoms with Crippen LogP contribution in [-0.2, 0) is 42.0 Å². The van der Waals surface area contributed by atoms with Crippen molar-refractivity contribution in [3.05, 3.63) is 88.1 Å². The number of nitrogens with zero attached hydrogens (tertiary/aromatic N) is 6. The summed E-state index contributed by atoms with van der Waals surface area (Å²) in [6.45, 7) is 8.11. The molecule has 0 bridgehead atoms. The van der Waals surface area contributed by atoms with E-state index in [-0.39, 0.29) is 36.3 Å². The highest BCUT2D eigenvalue weighted by Crippen LogP contribution is 2.41. The van der Waals surface area contributed by atoms with Gasteiger partial charge in [0.05, 0.1) is 41.7 Å². The van der Waals surface area contributed by atoms with Crippen molar-refractivity contribution in [3.8, 4) is 0 Å². The Kier molecular flexibility index (Phi) is 11.7. The van der Waals surface area contributed by atoms with Crippen molar-refractivity contribution < 1.29 is 35.9 Å². The molecule has 2 atom stereocenters. The van der Waals surface area contributed by atoms with Crippen LogP contribution in [0.15, 0.2) is 54.6 Å². The standard InChI is InChI=1S/C29H30F6N8.C4H8O2/c1-4-22-14-24(25-23(37-22)10-17(2)26(38-25)36-15-18-8-6-5-7-9-18)43(27-39-41-42(3)40-27)16-19-11-20(28(30,31)32)13-21(12-19)29(33,34)35;1-4(2)6-3-5/h5-13,22,24,37H,4,14-16H2,1-3H3,(H,36,38);3-4H,1-2H3/t22-,24-;/m0./s1. The molecule has 5 rings (SSSR count). The topological polar surface area (TPSA) is 110 Å². The Labute approximate surface area is 279 Å². The largest absolute Gasteiger partial charge is 0.465 e. The molecule has 0 aliphatic carbocycles. The number of alkyl halides is 6. The molecule has 0 saturated carbocycles. The van der Waals surface area contributed by atoms with Gasteiger partial charge in [0.1, 0.15) is 5.82 Å². The van der Waals surface area contributed by atoms with E-state index in [0.29, 0.717) is 37.4 Å². The fraction of sp³-hybridized carbons (Fsp3) is 0.424. The van der Waals surface area contributed by atoms with Crippen LogP contribution in [0.3, 0.4) is 0 Å². The molecule has 0 fully saturated rings. The van der Waals surface area contributed by atoms with Crippen LogP contribution in [0.25, 0.3) is 0 Å². The van der Waals surface area contributed by atoms with E-state index in [2.05, 4.69) is 30.8 Å². The zero-order chi connectivity index (χ0) is 35.9. The van der Waals surface area contributed by atoms with Gasteiger partial charge in [-0.15, -0.1) is 5.10 Å². The Morgan fingerprint density at radius 3 is 2.20 bits per heavy atom. The monoisotopic (exact) mass is 692 g/mol. The van der Waals surface area contributed by atoms with E-state index in [9.17, 15) is 31.1 Å². The second-order valence-corrected chi connectivity index (χ2v) is 11.8. The maximum Gasteiger partial charge on any atom is 0.416 e. The van der Waals surface area contributed by atoms with E-state index in [4.69, 9.17) is 4.98 Å². The van der Waals surface area contributed by atoms with Gasteiger partial charge in [0.2, 0.25) is 0 Å². The van der Waals surface area contributed by atoms with E-state index in [1.807, 2.05) is 50.2 Å². The fourth-order valence-corrected chi connectivity index (χ4v) is 5.29. The van der Waals surface area contributed by atoms with Gasteiger partial charge in [-0.05, 0) is 79.8 Å². The first kappa shape index (κ1) is 36.9. The number of aromatic nitrogens is 5. The van der Waals surface area contributed by atoms with Crippen LogP contribution >= 0.6 is 0 Å². The summed E-state index contributed by atoms with van der Waals surface area (Å²) in [4.78, 5) is 17.1. The number of aryl methyl sites for hydroxylation is 2. The van der Waals surface area contributed by atoms with Crippen molar-refractivity contribution in [2.75, 3.05) is 15.5 Å². The van der Waals surface area contributed by atoms with Gasteiger partial charge in [0.25, 0.3) is 12.4 Å². The number of benzene rings is 2. The number of ether oxygens (including phenoxy) is 1. The predicted molar refractivity (Wildman–Crippen MR) is 172 cm³/mol. The van der Waals surface area contributed by atoms with Crippen LogP contribution < -0.4 is 15.5 Å². The molecule has 0 spiro atoms. The lowest BCUT2D eigenvalue weighted by atomic mass is 9.93. The molecule has 1 aliphatic rings. The number of carbonyl (C=O) groups excluding carboxylic acids is 1. The summed E-state index contributed by atoms with van der Waals surface area (Å²) < 4.78 is 86.5. The number of nitrogens with one attached hydrogen (secondary N) is 2. The van der Waals surface area contributed by atoms with Gasteiger partial charge in [-0.25, -0.2) is 4.98 Å². The molecule has 0 amide bonds. The summed E-state index contributed by atoms with van der Waals surface area (Å²) in [6.07, 6.45) is -8.76. The molecule has 10 nitrogen and oxygen atoms in total. The molecule has 1 aliphatic heterocycles. The molecule has 16 heteroatoms. The molecule has 0 saturated heterocycles. The molecular formula is C33H38F6N8O2. The normalized spacial score (nSPS) is 15.8. The van der Waals surface area contributed by atoms with E-state index < -0.39 is 29.5 Å². The maximum absolute atomic E-state index is 13.7. The molecule has 2 N–H and O–H groups in total. The van der Waals surface area contributed by atoms with E-state index in [0.717, 1.165) is 28.9 Å².